The van der Waals surface area contributed by atoms with Gasteiger partial charge < -0.3 is 10.0 Å². The molecule has 27 heavy (non-hydrogen) atoms. The maximum atomic E-state index is 13.2. The van der Waals surface area contributed by atoms with Crippen LogP contribution in [0.25, 0.3) is 0 Å². The Labute approximate surface area is 153 Å². The Bertz CT molecular complexity index is 812. The summed E-state index contributed by atoms with van der Waals surface area (Å²) in [7, 11) is 0. The van der Waals surface area contributed by atoms with E-state index in [0.29, 0.717) is 31.7 Å². The molecule has 9 heteroatoms. The molecule has 0 radical (unpaired) electrons. The summed E-state index contributed by atoms with van der Waals surface area (Å²) in [5, 5.41) is 17.8. The number of amides is 3. The number of anilines is 1. The third-order valence-electron chi connectivity index (χ3n) is 5.20. The number of rotatable bonds is 5. The molecule has 1 heterocycles. The number of halogens is 3. The van der Waals surface area contributed by atoms with Crippen LogP contribution >= 0.6 is 0 Å². The fourth-order valence-electron chi connectivity index (χ4n) is 3.63. The summed E-state index contributed by atoms with van der Waals surface area (Å²) in [4.78, 5) is 28.0. The summed E-state index contributed by atoms with van der Waals surface area (Å²) < 4.78 is 39.7. The Kier molecular flexibility index (Phi) is 4.86. The Morgan fingerprint density at radius 3 is 2.44 bits per heavy atom. The van der Waals surface area contributed by atoms with Crippen molar-refractivity contribution in [3.8, 4) is 6.07 Å². The van der Waals surface area contributed by atoms with Crippen LogP contribution in [0.3, 0.4) is 0 Å². The fourth-order valence-corrected chi connectivity index (χ4v) is 3.63. The van der Waals surface area contributed by atoms with Crippen LogP contribution in [0.4, 0.5) is 23.7 Å². The number of urea groups is 1. The number of aliphatic hydroxyl groups is 1. The van der Waals surface area contributed by atoms with Gasteiger partial charge in [0, 0.05) is 13.2 Å². The summed E-state index contributed by atoms with van der Waals surface area (Å²) in [6, 6.07) is 3.66. The number of hydrogen-bond donors (Lipinski definition) is 1. The lowest BCUT2D eigenvalue weighted by Gasteiger charge is -2.42. The summed E-state index contributed by atoms with van der Waals surface area (Å²) in [5.41, 5.74) is -2.93. The van der Waals surface area contributed by atoms with Crippen molar-refractivity contribution >= 4 is 17.6 Å². The average Bonchev–Trinajstić information content (AvgIpc) is 2.81. The number of hydrogen-bond acceptors (Lipinski definition) is 4. The molecule has 0 bridgehead atoms. The van der Waals surface area contributed by atoms with Gasteiger partial charge in [-0.3, -0.25) is 4.79 Å². The number of unbranched alkanes of at least 4 members (excludes halogenated alkanes) is 1. The normalized spacial score (nSPS) is 18.8. The Morgan fingerprint density at radius 2 is 1.93 bits per heavy atom. The number of carbonyl (C=O) groups is 2. The highest BCUT2D eigenvalue weighted by molar-refractivity contribution is 6.23. The molecular weight excluding hydrogens is 363 g/mol. The number of nitriles is 1. The lowest BCUT2D eigenvalue weighted by molar-refractivity contribution is -0.137. The molecule has 2 fully saturated rings. The number of alkyl halides is 3. The van der Waals surface area contributed by atoms with Crippen molar-refractivity contribution in [1.29, 1.82) is 5.26 Å². The van der Waals surface area contributed by atoms with E-state index >= 15 is 0 Å². The van der Waals surface area contributed by atoms with Gasteiger partial charge in [0.05, 0.1) is 22.9 Å². The summed E-state index contributed by atoms with van der Waals surface area (Å²) >= 11 is 0. The van der Waals surface area contributed by atoms with Crippen LogP contribution in [0.15, 0.2) is 18.2 Å². The summed E-state index contributed by atoms with van der Waals surface area (Å²) in [6.07, 6.45) is -2.13. The zero-order valence-corrected chi connectivity index (χ0v) is 14.4. The van der Waals surface area contributed by atoms with Crippen molar-refractivity contribution < 1.29 is 27.9 Å². The third-order valence-corrected chi connectivity index (χ3v) is 5.20. The van der Waals surface area contributed by atoms with Gasteiger partial charge in [0.1, 0.15) is 5.54 Å². The van der Waals surface area contributed by atoms with Crippen LogP contribution in [0, 0.1) is 11.3 Å². The summed E-state index contributed by atoms with van der Waals surface area (Å²) in [6.45, 7) is 0.210. The van der Waals surface area contributed by atoms with Gasteiger partial charge in [0.25, 0.3) is 5.91 Å². The second kappa shape index (κ2) is 6.85. The van der Waals surface area contributed by atoms with E-state index < -0.39 is 34.8 Å². The molecule has 1 aliphatic carbocycles. The van der Waals surface area contributed by atoms with Gasteiger partial charge in [0.2, 0.25) is 0 Å². The highest BCUT2D eigenvalue weighted by Gasteiger charge is 2.60. The van der Waals surface area contributed by atoms with Crippen molar-refractivity contribution in [1.82, 2.24) is 4.90 Å². The smallest absolute Gasteiger partial charge is 0.396 e. The van der Waals surface area contributed by atoms with Crippen LogP contribution in [-0.2, 0) is 11.0 Å². The van der Waals surface area contributed by atoms with E-state index in [-0.39, 0.29) is 18.8 Å². The Hall–Kier alpha value is -2.60. The van der Waals surface area contributed by atoms with E-state index in [1.807, 2.05) is 0 Å². The maximum Gasteiger partial charge on any atom is 0.417 e. The SMILES string of the molecule is N#Cc1ccc(N2C(=O)N(CCCCO)C3(CCC3)C2=O)cc1C(F)(F)F. The standard InChI is InChI=1S/C18H18F3N3O3/c19-18(20,21)14-10-13(5-4-12(14)11-22)24-15(26)17(6-3-7-17)23(16(24)27)8-1-2-9-25/h4-5,10,25H,1-3,6-9H2. The van der Waals surface area contributed by atoms with E-state index in [1.165, 1.54) is 17.0 Å². The summed E-state index contributed by atoms with van der Waals surface area (Å²) in [5.74, 6) is -0.527. The van der Waals surface area contributed by atoms with Gasteiger partial charge in [-0.1, -0.05) is 0 Å². The number of carbonyl (C=O) groups excluding carboxylic acids is 2. The first-order valence-corrected chi connectivity index (χ1v) is 8.64. The largest absolute Gasteiger partial charge is 0.417 e. The lowest BCUT2D eigenvalue weighted by atomic mass is 9.75. The first-order valence-electron chi connectivity index (χ1n) is 8.64. The van der Waals surface area contributed by atoms with Gasteiger partial charge >= 0.3 is 12.2 Å². The average molecular weight is 381 g/mol. The molecule has 1 N–H and O–H groups in total. The van der Waals surface area contributed by atoms with Crippen LogP contribution in [0.2, 0.25) is 0 Å². The van der Waals surface area contributed by atoms with Crippen LogP contribution < -0.4 is 4.90 Å². The lowest BCUT2D eigenvalue weighted by Crippen LogP contribution is -2.55. The van der Waals surface area contributed by atoms with Gasteiger partial charge in [-0.05, 0) is 50.3 Å². The highest BCUT2D eigenvalue weighted by atomic mass is 19.4. The first kappa shape index (κ1) is 19.2. The van der Waals surface area contributed by atoms with Crippen molar-refractivity contribution in [2.24, 2.45) is 0 Å². The monoisotopic (exact) mass is 381 g/mol. The van der Waals surface area contributed by atoms with E-state index in [4.69, 9.17) is 10.4 Å². The van der Waals surface area contributed by atoms with Crippen molar-refractivity contribution in [2.45, 2.75) is 43.8 Å². The zero-order chi connectivity index (χ0) is 19.8. The molecule has 1 spiro atoms. The van der Waals surface area contributed by atoms with Gasteiger partial charge in [-0.15, -0.1) is 0 Å². The first-order chi connectivity index (χ1) is 12.8. The second-order valence-electron chi connectivity index (χ2n) is 6.73. The van der Waals surface area contributed by atoms with Crippen molar-refractivity contribution in [2.75, 3.05) is 18.1 Å². The molecule has 1 aliphatic heterocycles. The molecule has 0 unspecified atom stereocenters. The molecule has 1 aromatic carbocycles. The highest BCUT2D eigenvalue weighted by Crippen LogP contribution is 2.46. The fraction of sp³-hybridized carbons (Fsp3) is 0.500. The van der Waals surface area contributed by atoms with Crippen LogP contribution in [0.5, 0.6) is 0 Å². The van der Waals surface area contributed by atoms with Gasteiger partial charge in [0.15, 0.2) is 0 Å². The molecular formula is C18H18F3N3O3. The minimum absolute atomic E-state index is 0.0444. The molecule has 0 aromatic heterocycles. The van der Waals surface area contributed by atoms with E-state index in [1.54, 1.807) is 0 Å². The van der Waals surface area contributed by atoms with Crippen LogP contribution in [-0.4, -0.2) is 40.6 Å². The Morgan fingerprint density at radius 1 is 1.22 bits per heavy atom. The predicted octanol–water partition coefficient (Wildman–Crippen LogP) is 3.04. The molecule has 1 aromatic rings. The second-order valence-corrected chi connectivity index (χ2v) is 6.73. The molecule has 3 rings (SSSR count). The number of benzene rings is 1. The third kappa shape index (κ3) is 3.04. The molecule has 1 saturated carbocycles. The molecule has 3 amide bonds. The van der Waals surface area contributed by atoms with Gasteiger partial charge in [-0.2, -0.15) is 18.4 Å². The molecule has 2 aliphatic rings. The zero-order valence-electron chi connectivity index (χ0n) is 14.4. The molecule has 0 atom stereocenters. The van der Waals surface area contributed by atoms with Crippen molar-refractivity contribution in [3.05, 3.63) is 29.3 Å². The number of nitrogens with zero attached hydrogens (tertiary/aromatic N) is 3. The molecule has 1 saturated heterocycles. The number of imide groups is 1. The van der Waals surface area contributed by atoms with E-state index in [9.17, 15) is 22.8 Å². The minimum Gasteiger partial charge on any atom is -0.396 e. The maximum absolute atomic E-state index is 13.2. The minimum atomic E-state index is -4.78. The van der Waals surface area contributed by atoms with E-state index in [2.05, 4.69) is 0 Å². The number of aliphatic hydroxyl groups excluding tert-OH is 1. The quantitative estimate of drug-likeness (QED) is 0.628. The van der Waals surface area contributed by atoms with E-state index in [0.717, 1.165) is 17.4 Å². The van der Waals surface area contributed by atoms with Crippen molar-refractivity contribution in [3.63, 3.8) is 0 Å². The molecule has 6 nitrogen and oxygen atoms in total. The van der Waals surface area contributed by atoms with Gasteiger partial charge in [-0.25, -0.2) is 9.69 Å². The Balaban J connectivity index is 1.98. The van der Waals surface area contributed by atoms with Crippen LogP contribution in [0.1, 0.15) is 43.2 Å². The molecule has 144 valence electrons. The predicted molar refractivity (Wildman–Crippen MR) is 88.6 cm³/mol. The topological polar surface area (TPSA) is 84.6 Å².